The summed E-state index contributed by atoms with van der Waals surface area (Å²) in [4.78, 5) is 10.6. The first kappa shape index (κ1) is 17.1. The van der Waals surface area contributed by atoms with E-state index in [-0.39, 0.29) is 17.6 Å². The molecule has 0 fully saturated rings. The second-order valence-electron chi connectivity index (χ2n) is 5.67. The molecule has 0 heterocycles. The highest BCUT2D eigenvalue weighted by Crippen LogP contribution is 2.37. The standard InChI is InChI=1S/C12H23IO3Si/c1-12(2,3)17(4,5)16-10(8-9-13)6-7-11(14)15/h8-10H,6-7H2,1-5H3,(H,14,15)/b9-8+/t10-/m0/s1. The maximum absolute atomic E-state index is 10.6. The van der Waals surface area contributed by atoms with Crippen LogP contribution in [0.1, 0.15) is 33.6 Å². The number of rotatable bonds is 6. The lowest BCUT2D eigenvalue weighted by Gasteiger charge is -2.38. The van der Waals surface area contributed by atoms with Crippen molar-refractivity contribution in [2.45, 2.75) is 57.8 Å². The minimum absolute atomic E-state index is 0.0797. The lowest BCUT2D eigenvalue weighted by Crippen LogP contribution is -2.43. The molecule has 0 aromatic heterocycles. The van der Waals surface area contributed by atoms with Gasteiger partial charge >= 0.3 is 5.97 Å². The van der Waals surface area contributed by atoms with E-state index in [0.29, 0.717) is 6.42 Å². The molecule has 0 radical (unpaired) electrons. The van der Waals surface area contributed by atoms with E-state index in [1.54, 1.807) is 0 Å². The van der Waals surface area contributed by atoms with Crippen LogP contribution in [-0.2, 0) is 9.22 Å². The quantitative estimate of drug-likeness (QED) is 0.563. The predicted molar refractivity (Wildman–Crippen MR) is 82.1 cm³/mol. The second kappa shape index (κ2) is 6.89. The smallest absolute Gasteiger partial charge is 0.303 e. The number of halogens is 1. The van der Waals surface area contributed by atoms with Gasteiger partial charge in [0.1, 0.15) is 0 Å². The van der Waals surface area contributed by atoms with E-state index in [1.165, 1.54) is 0 Å². The summed E-state index contributed by atoms with van der Waals surface area (Å²) in [6.45, 7) is 10.9. The van der Waals surface area contributed by atoms with Crippen molar-refractivity contribution in [1.82, 2.24) is 0 Å². The molecule has 0 saturated carbocycles. The van der Waals surface area contributed by atoms with Crippen LogP contribution < -0.4 is 0 Å². The highest BCUT2D eigenvalue weighted by Gasteiger charge is 2.38. The molecule has 1 N–H and O–H groups in total. The van der Waals surface area contributed by atoms with Crippen molar-refractivity contribution in [3.05, 3.63) is 10.2 Å². The molecule has 1 atom stereocenters. The summed E-state index contributed by atoms with van der Waals surface area (Å²) in [5.74, 6) is -0.768. The lowest BCUT2D eigenvalue weighted by molar-refractivity contribution is -0.137. The zero-order valence-corrected chi connectivity index (χ0v) is 14.4. The minimum atomic E-state index is -1.82. The maximum Gasteiger partial charge on any atom is 0.303 e. The largest absolute Gasteiger partial charge is 0.481 e. The molecular weight excluding hydrogens is 347 g/mol. The Morgan fingerprint density at radius 1 is 1.47 bits per heavy atom. The molecule has 0 bridgehead atoms. The molecule has 0 spiro atoms. The van der Waals surface area contributed by atoms with E-state index in [1.807, 2.05) is 10.2 Å². The summed E-state index contributed by atoms with van der Waals surface area (Å²) in [6, 6.07) is 0. The first-order valence-electron chi connectivity index (χ1n) is 5.76. The van der Waals surface area contributed by atoms with Gasteiger partial charge in [-0.1, -0.05) is 49.4 Å². The van der Waals surface area contributed by atoms with Gasteiger partial charge in [-0.25, -0.2) is 0 Å². The van der Waals surface area contributed by atoms with Gasteiger partial charge in [-0.15, -0.1) is 0 Å². The fraction of sp³-hybridized carbons (Fsp3) is 0.750. The van der Waals surface area contributed by atoms with E-state index in [9.17, 15) is 4.79 Å². The average molecular weight is 370 g/mol. The van der Waals surface area contributed by atoms with Crippen molar-refractivity contribution >= 4 is 36.9 Å². The summed E-state index contributed by atoms with van der Waals surface area (Å²) in [5.41, 5.74) is 0. The van der Waals surface area contributed by atoms with E-state index in [0.717, 1.165) is 0 Å². The Labute approximate surface area is 119 Å². The number of carboxylic acids is 1. The number of hydrogen-bond acceptors (Lipinski definition) is 2. The molecular formula is C12H23IO3Si. The molecule has 0 aliphatic rings. The van der Waals surface area contributed by atoms with Gasteiger partial charge in [0.25, 0.3) is 0 Å². The lowest BCUT2D eigenvalue weighted by atomic mass is 10.2. The van der Waals surface area contributed by atoms with Crippen LogP contribution in [0.2, 0.25) is 18.1 Å². The molecule has 0 aliphatic heterocycles. The maximum atomic E-state index is 10.6. The molecule has 100 valence electrons. The Morgan fingerprint density at radius 2 is 2.00 bits per heavy atom. The Hall–Kier alpha value is 0.117. The SMILES string of the molecule is CC(C)(C)[Si](C)(C)O[C@H](/C=C/I)CCC(=O)O. The van der Waals surface area contributed by atoms with Gasteiger partial charge in [-0.05, 0) is 28.6 Å². The Balaban J connectivity index is 4.59. The third-order valence-electron chi connectivity index (χ3n) is 3.18. The Kier molecular flexibility index (Phi) is 6.94. The highest BCUT2D eigenvalue weighted by atomic mass is 127. The normalized spacial score (nSPS) is 15.2. The van der Waals surface area contributed by atoms with Gasteiger partial charge in [0.2, 0.25) is 0 Å². The summed E-state index contributed by atoms with van der Waals surface area (Å²) < 4.78 is 8.08. The fourth-order valence-corrected chi connectivity index (χ4v) is 2.87. The molecule has 0 saturated heterocycles. The fourth-order valence-electron chi connectivity index (χ4n) is 1.10. The Bertz CT molecular complexity index is 282. The van der Waals surface area contributed by atoms with Gasteiger partial charge in [0, 0.05) is 6.42 Å². The van der Waals surface area contributed by atoms with Crippen LogP contribution in [0.5, 0.6) is 0 Å². The van der Waals surface area contributed by atoms with Crippen LogP contribution in [-0.4, -0.2) is 25.5 Å². The number of hydrogen-bond donors (Lipinski definition) is 1. The molecule has 3 nitrogen and oxygen atoms in total. The van der Waals surface area contributed by atoms with Crippen LogP contribution in [0.25, 0.3) is 0 Å². The van der Waals surface area contributed by atoms with Crippen molar-refractivity contribution in [2.24, 2.45) is 0 Å². The zero-order valence-electron chi connectivity index (χ0n) is 11.3. The van der Waals surface area contributed by atoms with Crippen molar-refractivity contribution in [3.63, 3.8) is 0 Å². The van der Waals surface area contributed by atoms with Crippen LogP contribution in [0.3, 0.4) is 0 Å². The van der Waals surface area contributed by atoms with Crippen LogP contribution >= 0.6 is 22.6 Å². The molecule has 0 rings (SSSR count). The average Bonchev–Trinajstić information content (AvgIpc) is 2.12. The van der Waals surface area contributed by atoms with Gasteiger partial charge in [-0.2, -0.15) is 0 Å². The summed E-state index contributed by atoms with van der Waals surface area (Å²) in [6.07, 6.45) is 2.56. The molecule has 0 amide bonds. The van der Waals surface area contributed by atoms with Gasteiger partial charge in [-0.3, -0.25) is 4.79 Å². The third-order valence-corrected chi connectivity index (χ3v) is 8.10. The zero-order chi connectivity index (χ0) is 13.7. The van der Waals surface area contributed by atoms with E-state index in [4.69, 9.17) is 9.53 Å². The van der Waals surface area contributed by atoms with Gasteiger partial charge in [0.05, 0.1) is 6.10 Å². The second-order valence-corrected chi connectivity index (χ2v) is 11.1. The van der Waals surface area contributed by atoms with Crippen molar-refractivity contribution < 1.29 is 14.3 Å². The molecule has 0 aromatic carbocycles. The van der Waals surface area contributed by atoms with Crippen molar-refractivity contribution in [1.29, 1.82) is 0 Å². The van der Waals surface area contributed by atoms with E-state index >= 15 is 0 Å². The van der Waals surface area contributed by atoms with Crippen molar-refractivity contribution in [3.8, 4) is 0 Å². The van der Waals surface area contributed by atoms with Crippen LogP contribution in [0, 0.1) is 0 Å². The summed E-state index contributed by atoms with van der Waals surface area (Å²) in [7, 11) is -1.82. The number of carboxylic acid groups (broad SMARTS) is 1. The topological polar surface area (TPSA) is 46.5 Å². The van der Waals surface area contributed by atoms with Crippen LogP contribution in [0.4, 0.5) is 0 Å². The van der Waals surface area contributed by atoms with Gasteiger partial charge in [0.15, 0.2) is 8.32 Å². The molecule has 17 heavy (non-hydrogen) atoms. The van der Waals surface area contributed by atoms with E-state index in [2.05, 4.69) is 56.5 Å². The third kappa shape index (κ3) is 6.57. The molecule has 0 unspecified atom stereocenters. The predicted octanol–water partition coefficient (Wildman–Crippen LogP) is 4.19. The van der Waals surface area contributed by atoms with Gasteiger partial charge < -0.3 is 9.53 Å². The number of aliphatic carboxylic acids is 1. The van der Waals surface area contributed by atoms with Crippen molar-refractivity contribution in [2.75, 3.05) is 0 Å². The van der Waals surface area contributed by atoms with E-state index < -0.39 is 14.3 Å². The van der Waals surface area contributed by atoms with Crippen LogP contribution in [0.15, 0.2) is 10.2 Å². The first-order chi connectivity index (χ1) is 7.60. The molecule has 0 aromatic rings. The highest BCUT2D eigenvalue weighted by molar-refractivity contribution is 14.1. The Morgan fingerprint density at radius 3 is 2.35 bits per heavy atom. The minimum Gasteiger partial charge on any atom is -0.481 e. The first-order valence-corrected chi connectivity index (χ1v) is 9.92. The summed E-state index contributed by atoms with van der Waals surface area (Å²) in [5, 5.41) is 8.87. The molecule has 0 aliphatic carbocycles. The molecule has 5 heteroatoms. The monoisotopic (exact) mass is 370 g/mol. The summed E-state index contributed by atoms with van der Waals surface area (Å²) >= 11 is 2.14. The number of carbonyl (C=O) groups is 1.